The van der Waals surface area contributed by atoms with E-state index < -0.39 is 23.5 Å². The molecule has 5 rings (SSSR count). The van der Waals surface area contributed by atoms with E-state index in [2.05, 4.69) is 82.3 Å². The van der Waals surface area contributed by atoms with Crippen LogP contribution in [-0.2, 0) is 33.1 Å². The van der Waals surface area contributed by atoms with Gasteiger partial charge in [-0.05, 0) is 63.8 Å². The van der Waals surface area contributed by atoms with Gasteiger partial charge in [-0.2, -0.15) is 6.67 Å². The Hall–Kier alpha value is -2.49. The number of hydrogen-bond acceptors (Lipinski definition) is 7. The van der Waals surface area contributed by atoms with Crippen LogP contribution in [0.5, 0.6) is 5.75 Å². The van der Waals surface area contributed by atoms with Crippen LogP contribution in [0.25, 0.3) is 0 Å². The molecule has 0 N–H and O–H groups in total. The summed E-state index contributed by atoms with van der Waals surface area (Å²) >= 11 is -2.17. The summed E-state index contributed by atoms with van der Waals surface area (Å²) < 4.78 is 39.6. The smallest absolute Gasteiger partial charge is 0.0146 e. The number of carbonyl (C=O) groups is 1. The molecular weight excluding hydrogens is 782 g/mol. The van der Waals surface area contributed by atoms with Crippen LogP contribution in [0.15, 0.2) is 47.4 Å². The summed E-state index contributed by atoms with van der Waals surface area (Å²) in [7, 11) is 9.64. The number of methoxy groups -OCH3 is 1. The molecule has 8 nitrogen and oxygen atoms in total. The van der Waals surface area contributed by atoms with Gasteiger partial charge in [0.1, 0.15) is 0 Å². The summed E-state index contributed by atoms with van der Waals surface area (Å²) in [5, 5.41) is 0. The van der Waals surface area contributed by atoms with Crippen molar-refractivity contribution < 1.29 is 36.2 Å². The van der Waals surface area contributed by atoms with Gasteiger partial charge in [0.05, 0.1) is 0 Å². The standard InChI is InChI=1S/C21H27N2.C17H23NO5S.2ClH.Ru/c1-14-9-16(3)20(17(4)10-14)22-7-8-23(13-22)21-18(5)11-15(2)12-19(21)6;1-12(2)23-16-6-5-15(11-13(16)3)24(20,21)18-9-7-14(8-10-18)17(19)22-4;;;/h9-13H,7-8H2,1-6H3;3,5-6,11-12,14H,7-10H2,1-2,4H3;2*1H;/q-1;;;;+2/p-2. The van der Waals surface area contributed by atoms with Crippen molar-refractivity contribution in [2.45, 2.75) is 79.2 Å². The molecular formula is C38H50Cl2N3O5RuS-. The van der Waals surface area contributed by atoms with Gasteiger partial charge in [0.15, 0.2) is 0 Å². The zero-order valence-electron chi connectivity index (χ0n) is 30.5. The number of hydrogen-bond donors (Lipinski definition) is 0. The normalized spacial score (nSPS) is 15.9. The van der Waals surface area contributed by atoms with Gasteiger partial charge in [0, 0.05) is 24.5 Å². The predicted octanol–water partition coefficient (Wildman–Crippen LogP) is 8.11. The molecule has 2 aliphatic heterocycles. The van der Waals surface area contributed by atoms with Crippen molar-refractivity contribution in [2.24, 2.45) is 5.92 Å². The predicted molar refractivity (Wildman–Crippen MR) is 203 cm³/mol. The van der Waals surface area contributed by atoms with E-state index >= 15 is 0 Å². The maximum Gasteiger partial charge on any atom is 0.0146 e. The fraction of sp³-hybridized carbons (Fsp3) is 0.447. The average molecular weight is 833 g/mol. The summed E-state index contributed by atoms with van der Waals surface area (Å²) in [4.78, 5) is 16.6. The Bertz CT molecular complexity index is 1730. The Morgan fingerprint density at radius 3 is 1.74 bits per heavy atom. The minimum absolute atomic E-state index is 0.0664. The van der Waals surface area contributed by atoms with Gasteiger partial charge in [-0.15, -0.1) is 0 Å². The number of piperidine rings is 1. The Kier molecular flexibility index (Phi) is 14.0. The van der Waals surface area contributed by atoms with Gasteiger partial charge >= 0.3 is 174 Å². The minimum Gasteiger partial charge on any atom is -0.502 e. The van der Waals surface area contributed by atoms with Crippen LogP contribution in [0.2, 0.25) is 0 Å². The average Bonchev–Trinajstić information content (AvgIpc) is 3.49. The van der Waals surface area contributed by atoms with Crippen molar-refractivity contribution in [1.29, 1.82) is 0 Å². The quantitative estimate of drug-likeness (QED) is 0.129. The second-order valence-corrected chi connectivity index (χ2v) is 21.0. The molecule has 3 aromatic rings. The molecule has 0 unspecified atom stereocenters. The second-order valence-electron chi connectivity index (χ2n) is 13.4. The van der Waals surface area contributed by atoms with Crippen molar-refractivity contribution in [3.05, 3.63) is 88.1 Å². The fourth-order valence-corrected chi connectivity index (χ4v) is 10.2. The molecule has 0 bridgehead atoms. The Balaban J connectivity index is 0.000000227. The number of anilines is 2. The van der Waals surface area contributed by atoms with E-state index in [0.29, 0.717) is 24.2 Å². The maximum absolute atomic E-state index is 13.0. The fourth-order valence-electron chi connectivity index (χ4n) is 6.95. The van der Waals surface area contributed by atoms with Crippen LogP contribution in [0.1, 0.15) is 65.6 Å². The molecule has 0 radical (unpaired) electrons. The third kappa shape index (κ3) is 9.89. The monoisotopic (exact) mass is 832 g/mol. The molecule has 12 heteroatoms. The molecule has 276 valence electrons. The molecule has 3 aromatic carbocycles. The van der Waals surface area contributed by atoms with Gasteiger partial charge in [-0.1, -0.05) is 35.4 Å². The molecule has 0 spiro atoms. The largest absolute Gasteiger partial charge is 0.502 e. The van der Waals surface area contributed by atoms with Crippen LogP contribution >= 0.6 is 19.4 Å². The summed E-state index contributed by atoms with van der Waals surface area (Å²) in [6.07, 6.45) is 0.818. The van der Waals surface area contributed by atoms with Crippen molar-refractivity contribution in [3.63, 3.8) is 0 Å². The molecule has 0 atom stereocenters. The third-order valence-corrected chi connectivity index (χ3v) is 12.6. The molecule has 2 saturated heterocycles. The van der Waals surface area contributed by atoms with Crippen molar-refractivity contribution in [2.75, 3.05) is 43.1 Å². The first kappa shape index (κ1) is 40.3. The summed E-state index contributed by atoms with van der Waals surface area (Å²) in [5.41, 5.74) is 11.4. The molecule has 0 amide bonds. The molecule has 50 heavy (non-hydrogen) atoms. The van der Waals surface area contributed by atoms with Gasteiger partial charge in [-0.25, -0.2) is 0 Å². The number of aryl methyl sites for hydroxylation is 6. The van der Waals surface area contributed by atoms with E-state index in [4.69, 9.17) is 28.9 Å². The maximum atomic E-state index is 13.0. The zero-order chi connectivity index (χ0) is 36.9. The van der Waals surface area contributed by atoms with E-state index in [9.17, 15) is 13.2 Å². The first-order valence-corrected chi connectivity index (χ1v) is 23.7. The number of halogens is 2. The van der Waals surface area contributed by atoms with E-state index in [1.165, 1.54) is 62.2 Å². The van der Waals surface area contributed by atoms with Crippen LogP contribution in [0, 0.1) is 54.1 Å². The van der Waals surface area contributed by atoms with Crippen molar-refractivity contribution in [1.82, 2.24) is 4.31 Å². The molecule has 0 aliphatic carbocycles. The zero-order valence-corrected chi connectivity index (χ0v) is 34.6. The molecule has 2 aliphatic rings. The molecule has 2 fully saturated rings. The molecule has 0 saturated carbocycles. The molecule has 0 aromatic heterocycles. The van der Waals surface area contributed by atoms with E-state index in [-0.39, 0.29) is 36.0 Å². The van der Waals surface area contributed by atoms with Crippen LogP contribution in [0.4, 0.5) is 11.4 Å². The van der Waals surface area contributed by atoms with E-state index in [1.54, 1.807) is 16.7 Å². The first-order valence-electron chi connectivity index (χ1n) is 16.8. The number of carbonyl (C=O) groups excluding carboxylic acids is 1. The molecule has 2 heterocycles. The van der Waals surface area contributed by atoms with Crippen LogP contribution in [-0.4, -0.2) is 62.7 Å². The number of nitrogens with zero attached hydrogens (tertiary/aromatic N) is 3. The van der Waals surface area contributed by atoms with Gasteiger partial charge in [0.2, 0.25) is 0 Å². The Morgan fingerprint density at radius 2 is 1.32 bits per heavy atom. The van der Waals surface area contributed by atoms with E-state index in [1.807, 2.05) is 13.8 Å². The van der Waals surface area contributed by atoms with Gasteiger partial charge < -0.3 is 9.80 Å². The minimum atomic E-state index is -3.69. The van der Waals surface area contributed by atoms with Crippen LogP contribution in [0.3, 0.4) is 0 Å². The van der Waals surface area contributed by atoms with Gasteiger partial charge in [0.25, 0.3) is 0 Å². The summed E-state index contributed by atoms with van der Waals surface area (Å²) in [5.74, 6) is -0.000496. The number of ether oxygens (including phenoxy) is 2. The van der Waals surface area contributed by atoms with Crippen LogP contribution < -0.4 is 14.5 Å². The first-order chi connectivity index (χ1) is 23.5. The summed E-state index contributed by atoms with van der Waals surface area (Å²) in [6.45, 7) is 21.9. The topological polar surface area (TPSA) is 79.4 Å². The SMILES string of the molecule is COC(=O)C1CCN(S(=O)(=O)c2ccc(OC(C)C)c([CH]=[Ru]([Cl])[Cl])c2)CC1.Cc1cc(C)c(N2[CH-]N(c3c(C)cc(C)cc3C)CC2)c(C)c1. The number of benzene rings is 3. The second kappa shape index (κ2) is 17.4. The van der Waals surface area contributed by atoms with E-state index in [0.717, 1.165) is 13.1 Å². The number of rotatable bonds is 8. The number of esters is 1. The number of sulfonamides is 1. The van der Waals surface area contributed by atoms with Crippen molar-refractivity contribution >= 4 is 51.4 Å². The summed E-state index contributed by atoms with van der Waals surface area (Å²) in [6, 6.07) is 13.8. The Labute approximate surface area is 312 Å². The van der Waals surface area contributed by atoms with Gasteiger partial charge in [-0.3, -0.25) is 0 Å². The van der Waals surface area contributed by atoms with Crippen molar-refractivity contribution in [3.8, 4) is 5.75 Å². The Morgan fingerprint density at radius 1 is 0.840 bits per heavy atom. The third-order valence-electron chi connectivity index (χ3n) is 8.86.